The summed E-state index contributed by atoms with van der Waals surface area (Å²) in [7, 11) is 0. The van der Waals surface area contributed by atoms with Crippen molar-refractivity contribution in [1.82, 2.24) is 5.32 Å². The number of nitrogens with zero attached hydrogens (tertiary/aromatic N) is 1. The Morgan fingerprint density at radius 2 is 2.21 bits per heavy atom. The van der Waals surface area contributed by atoms with Crippen molar-refractivity contribution in [3.8, 4) is 0 Å². The van der Waals surface area contributed by atoms with Crippen LogP contribution in [0.2, 0.25) is 0 Å². The van der Waals surface area contributed by atoms with Crippen LogP contribution in [0, 0.1) is 6.92 Å². The molecule has 0 saturated heterocycles. The average molecular weight is 211 g/mol. The Bertz CT molecular complexity index is 304. The summed E-state index contributed by atoms with van der Waals surface area (Å²) in [6, 6.07) is 0. The highest BCUT2D eigenvalue weighted by molar-refractivity contribution is 7.08. The van der Waals surface area contributed by atoms with Gasteiger partial charge in [-0.25, -0.2) is 0 Å². The molecule has 0 unspecified atom stereocenters. The van der Waals surface area contributed by atoms with Crippen LogP contribution in [0.3, 0.4) is 0 Å². The Hall–Kier alpha value is -1.03. The van der Waals surface area contributed by atoms with Crippen LogP contribution in [-0.2, 0) is 0 Å². The molecule has 14 heavy (non-hydrogen) atoms. The third kappa shape index (κ3) is 3.03. The fraction of sp³-hybridized carbons (Fsp3) is 0.500. The van der Waals surface area contributed by atoms with Crippen LogP contribution in [0.1, 0.15) is 19.4 Å². The lowest BCUT2D eigenvalue weighted by molar-refractivity contribution is 0.944. The summed E-state index contributed by atoms with van der Waals surface area (Å²) in [6.07, 6.45) is 0. The van der Waals surface area contributed by atoms with Crippen molar-refractivity contribution in [3.05, 3.63) is 16.3 Å². The SMILES string of the molecule is CCN=C(NCC)Nc1cscc1C. The molecule has 0 radical (unpaired) electrons. The minimum absolute atomic E-state index is 0.790. The molecule has 0 fully saturated rings. The van der Waals surface area contributed by atoms with Gasteiger partial charge in [-0.1, -0.05) is 0 Å². The Kier molecular flexibility index (Phi) is 4.46. The van der Waals surface area contributed by atoms with Gasteiger partial charge in [0.2, 0.25) is 0 Å². The third-order valence-electron chi connectivity index (χ3n) is 1.77. The molecule has 0 spiro atoms. The van der Waals surface area contributed by atoms with Gasteiger partial charge in [-0.2, -0.15) is 0 Å². The largest absolute Gasteiger partial charge is 0.356 e. The standard InChI is InChI=1S/C10H17N3S/c1-4-11-10(12-5-2)13-9-7-14-6-8(9)3/h6-7H,4-5H2,1-3H3,(H2,11,12,13). The number of aryl methyl sites for hydroxylation is 1. The molecule has 0 aromatic carbocycles. The first-order chi connectivity index (χ1) is 6.77. The lowest BCUT2D eigenvalue weighted by atomic mass is 10.3. The maximum absolute atomic E-state index is 4.33. The van der Waals surface area contributed by atoms with Crippen LogP contribution in [0.25, 0.3) is 0 Å². The smallest absolute Gasteiger partial charge is 0.195 e. The second-order valence-electron chi connectivity index (χ2n) is 2.95. The quantitative estimate of drug-likeness (QED) is 0.595. The van der Waals surface area contributed by atoms with E-state index in [9.17, 15) is 0 Å². The maximum atomic E-state index is 4.33. The molecule has 0 atom stereocenters. The lowest BCUT2D eigenvalue weighted by Gasteiger charge is -2.10. The molecular weight excluding hydrogens is 194 g/mol. The number of aliphatic imine (C=N–C) groups is 1. The van der Waals surface area contributed by atoms with E-state index >= 15 is 0 Å². The summed E-state index contributed by atoms with van der Waals surface area (Å²) >= 11 is 1.70. The first-order valence-corrected chi connectivity index (χ1v) is 5.80. The van der Waals surface area contributed by atoms with Gasteiger partial charge in [-0.05, 0) is 31.7 Å². The molecule has 0 amide bonds. The van der Waals surface area contributed by atoms with Gasteiger partial charge in [0.25, 0.3) is 0 Å². The molecule has 78 valence electrons. The zero-order valence-electron chi connectivity index (χ0n) is 8.92. The second kappa shape index (κ2) is 5.65. The first-order valence-electron chi connectivity index (χ1n) is 4.86. The molecule has 2 N–H and O–H groups in total. The van der Waals surface area contributed by atoms with Crippen LogP contribution in [0.5, 0.6) is 0 Å². The molecule has 0 aliphatic carbocycles. The lowest BCUT2D eigenvalue weighted by Crippen LogP contribution is -2.30. The van der Waals surface area contributed by atoms with E-state index < -0.39 is 0 Å². The van der Waals surface area contributed by atoms with E-state index in [0.717, 1.165) is 24.7 Å². The topological polar surface area (TPSA) is 36.4 Å². The van der Waals surface area contributed by atoms with Gasteiger partial charge in [0.15, 0.2) is 5.96 Å². The summed E-state index contributed by atoms with van der Waals surface area (Å²) in [4.78, 5) is 4.33. The molecule has 4 heteroatoms. The normalized spacial score (nSPS) is 11.5. The zero-order chi connectivity index (χ0) is 10.4. The van der Waals surface area contributed by atoms with Gasteiger partial charge >= 0.3 is 0 Å². The van der Waals surface area contributed by atoms with Gasteiger partial charge in [-0.3, -0.25) is 4.99 Å². The Labute approximate surface area is 89.3 Å². The van der Waals surface area contributed by atoms with E-state index in [1.807, 2.05) is 6.92 Å². The van der Waals surface area contributed by atoms with Gasteiger partial charge < -0.3 is 10.6 Å². The summed E-state index contributed by atoms with van der Waals surface area (Å²) in [6.45, 7) is 7.86. The monoisotopic (exact) mass is 211 g/mol. The van der Waals surface area contributed by atoms with Gasteiger partial charge in [0, 0.05) is 18.5 Å². The molecule has 1 rings (SSSR count). The van der Waals surface area contributed by atoms with Crippen molar-refractivity contribution >= 4 is 23.0 Å². The number of nitrogens with one attached hydrogen (secondary N) is 2. The number of rotatable bonds is 3. The number of hydrogen-bond acceptors (Lipinski definition) is 2. The van der Waals surface area contributed by atoms with Crippen molar-refractivity contribution < 1.29 is 0 Å². The van der Waals surface area contributed by atoms with Crippen molar-refractivity contribution in [3.63, 3.8) is 0 Å². The molecule has 1 aromatic heterocycles. The van der Waals surface area contributed by atoms with E-state index in [2.05, 4.69) is 40.2 Å². The first kappa shape index (κ1) is 11.0. The number of anilines is 1. The Balaban J connectivity index is 2.65. The number of thiophene rings is 1. The molecule has 1 heterocycles. The summed E-state index contributed by atoms with van der Waals surface area (Å²) in [5, 5.41) is 10.7. The third-order valence-corrected chi connectivity index (χ3v) is 2.63. The zero-order valence-corrected chi connectivity index (χ0v) is 9.74. The minimum Gasteiger partial charge on any atom is -0.356 e. The van der Waals surface area contributed by atoms with Crippen LogP contribution in [0.15, 0.2) is 15.8 Å². The highest BCUT2D eigenvalue weighted by Gasteiger charge is 2.01. The highest BCUT2D eigenvalue weighted by Crippen LogP contribution is 2.18. The molecule has 1 aromatic rings. The fourth-order valence-electron chi connectivity index (χ4n) is 1.08. The fourth-order valence-corrected chi connectivity index (χ4v) is 1.86. The highest BCUT2D eigenvalue weighted by atomic mass is 32.1. The van der Waals surface area contributed by atoms with Crippen molar-refractivity contribution in [1.29, 1.82) is 0 Å². The van der Waals surface area contributed by atoms with E-state index in [4.69, 9.17) is 0 Å². The van der Waals surface area contributed by atoms with E-state index in [1.165, 1.54) is 5.56 Å². The average Bonchev–Trinajstić information content (AvgIpc) is 2.53. The Morgan fingerprint density at radius 3 is 2.71 bits per heavy atom. The number of hydrogen-bond donors (Lipinski definition) is 2. The van der Waals surface area contributed by atoms with Crippen LogP contribution >= 0.6 is 11.3 Å². The summed E-state index contributed by atoms with van der Waals surface area (Å²) < 4.78 is 0. The Morgan fingerprint density at radius 1 is 1.43 bits per heavy atom. The molecule has 0 saturated carbocycles. The summed E-state index contributed by atoms with van der Waals surface area (Å²) in [5.74, 6) is 0.858. The van der Waals surface area contributed by atoms with E-state index in [0.29, 0.717) is 0 Å². The maximum Gasteiger partial charge on any atom is 0.195 e. The molecule has 0 aliphatic heterocycles. The summed E-state index contributed by atoms with van der Waals surface area (Å²) in [5.41, 5.74) is 2.40. The predicted molar refractivity (Wildman–Crippen MR) is 64.3 cm³/mol. The van der Waals surface area contributed by atoms with Crippen molar-refractivity contribution in [2.45, 2.75) is 20.8 Å². The van der Waals surface area contributed by atoms with Crippen molar-refractivity contribution in [2.24, 2.45) is 4.99 Å². The van der Waals surface area contributed by atoms with Gasteiger partial charge in [0.1, 0.15) is 0 Å². The van der Waals surface area contributed by atoms with E-state index in [-0.39, 0.29) is 0 Å². The predicted octanol–water partition coefficient (Wildman–Crippen LogP) is 2.45. The van der Waals surface area contributed by atoms with Crippen molar-refractivity contribution in [2.75, 3.05) is 18.4 Å². The number of guanidine groups is 1. The van der Waals surface area contributed by atoms with Gasteiger partial charge in [0.05, 0.1) is 5.69 Å². The van der Waals surface area contributed by atoms with Crippen LogP contribution in [-0.4, -0.2) is 19.0 Å². The van der Waals surface area contributed by atoms with Gasteiger partial charge in [-0.15, -0.1) is 11.3 Å². The minimum atomic E-state index is 0.790. The molecular formula is C10H17N3S. The van der Waals surface area contributed by atoms with Crippen LogP contribution < -0.4 is 10.6 Å². The van der Waals surface area contributed by atoms with E-state index in [1.54, 1.807) is 11.3 Å². The molecule has 0 bridgehead atoms. The van der Waals surface area contributed by atoms with Crippen LogP contribution in [0.4, 0.5) is 5.69 Å². The molecule has 3 nitrogen and oxygen atoms in total. The molecule has 0 aliphatic rings. The second-order valence-corrected chi connectivity index (χ2v) is 3.69.